The molecule has 1 saturated carbocycles. The Morgan fingerprint density at radius 3 is 2.69 bits per heavy atom. The maximum atomic E-state index is 12.0. The average Bonchev–Trinajstić information content (AvgIpc) is 2.31. The molecule has 1 atom stereocenters. The predicted octanol–water partition coefficient (Wildman–Crippen LogP) is 2.85. The van der Waals surface area contributed by atoms with E-state index in [0.29, 0.717) is 18.8 Å². The predicted molar refractivity (Wildman–Crippen MR) is 66.6 cm³/mol. The monoisotopic (exact) mass is 240 g/mol. The highest BCUT2D eigenvalue weighted by Crippen LogP contribution is 2.29. The van der Waals surface area contributed by atoms with Gasteiger partial charge in [-0.05, 0) is 5.92 Å². The maximum absolute atomic E-state index is 12.0. The van der Waals surface area contributed by atoms with E-state index in [9.17, 15) is 9.59 Å². The number of Topliss-reactive ketones (excluding diaryl/α,β-unsaturated/α-hetero) is 2. The molecule has 3 heteroatoms. The zero-order chi connectivity index (χ0) is 11.4. The van der Waals surface area contributed by atoms with E-state index >= 15 is 0 Å². The Labute approximate surface area is 102 Å². The summed E-state index contributed by atoms with van der Waals surface area (Å²) in [5, 5.41) is 0. The van der Waals surface area contributed by atoms with Crippen LogP contribution in [0.2, 0.25) is 0 Å². The molecule has 0 N–H and O–H groups in total. The highest BCUT2D eigenvalue weighted by atomic mass is 32.2. The minimum Gasteiger partial charge on any atom is -0.299 e. The zero-order valence-electron chi connectivity index (χ0n) is 9.74. The van der Waals surface area contributed by atoms with Crippen LogP contribution in [-0.2, 0) is 9.59 Å². The fourth-order valence-corrected chi connectivity index (χ4v) is 3.85. The Morgan fingerprint density at radius 1 is 1.25 bits per heavy atom. The van der Waals surface area contributed by atoms with Crippen LogP contribution >= 0.6 is 11.8 Å². The van der Waals surface area contributed by atoms with Crippen LogP contribution in [0.5, 0.6) is 0 Å². The van der Waals surface area contributed by atoms with Crippen LogP contribution < -0.4 is 0 Å². The van der Waals surface area contributed by atoms with E-state index in [-0.39, 0.29) is 17.5 Å². The van der Waals surface area contributed by atoms with Gasteiger partial charge in [-0.15, -0.1) is 0 Å². The van der Waals surface area contributed by atoms with E-state index in [0.717, 1.165) is 11.5 Å². The molecule has 90 valence electrons. The molecule has 0 aromatic carbocycles. The summed E-state index contributed by atoms with van der Waals surface area (Å²) in [6, 6.07) is 0. The molecule has 0 aromatic heterocycles. The third-order valence-electron chi connectivity index (χ3n) is 3.77. The van der Waals surface area contributed by atoms with E-state index in [1.54, 1.807) is 11.8 Å². The fourth-order valence-electron chi connectivity index (χ4n) is 2.73. The molecular weight excluding hydrogens is 220 g/mol. The van der Waals surface area contributed by atoms with Crippen LogP contribution in [0.4, 0.5) is 0 Å². The van der Waals surface area contributed by atoms with Crippen LogP contribution in [0.25, 0.3) is 0 Å². The van der Waals surface area contributed by atoms with E-state index in [2.05, 4.69) is 0 Å². The normalized spacial score (nSPS) is 28.0. The molecule has 2 fully saturated rings. The molecule has 1 aliphatic heterocycles. The van der Waals surface area contributed by atoms with Crippen molar-refractivity contribution in [1.82, 2.24) is 0 Å². The number of thioether (sulfide) groups is 1. The number of carbonyl (C=O) groups is 2. The molecule has 1 unspecified atom stereocenters. The second-order valence-electron chi connectivity index (χ2n) is 5.02. The van der Waals surface area contributed by atoms with E-state index < -0.39 is 0 Å². The van der Waals surface area contributed by atoms with Gasteiger partial charge in [0.25, 0.3) is 0 Å². The average molecular weight is 240 g/mol. The molecule has 0 radical (unpaired) electrons. The van der Waals surface area contributed by atoms with Gasteiger partial charge in [-0.2, -0.15) is 11.8 Å². The Bertz CT molecular complexity index is 269. The third kappa shape index (κ3) is 3.09. The van der Waals surface area contributed by atoms with Gasteiger partial charge in [0.05, 0.1) is 5.92 Å². The molecule has 0 aromatic rings. The van der Waals surface area contributed by atoms with Crippen molar-refractivity contribution >= 4 is 23.3 Å². The molecule has 1 saturated heterocycles. The van der Waals surface area contributed by atoms with Gasteiger partial charge in [-0.25, -0.2) is 0 Å². The van der Waals surface area contributed by atoms with Crippen molar-refractivity contribution in [1.29, 1.82) is 0 Å². The van der Waals surface area contributed by atoms with Gasteiger partial charge in [-0.1, -0.05) is 32.1 Å². The number of rotatable bonds is 3. The molecule has 16 heavy (non-hydrogen) atoms. The number of carbonyl (C=O) groups excluding carboxylic acids is 2. The molecule has 2 nitrogen and oxygen atoms in total. The van der Waals surface area contributed by atoms with Crippen LogP contribution in [-0.4, -0.2) is 23.1 Å². The standard InChI is InChI=1S/C13H20O2S/c14-12-6-7-16-9-11(12)13(15)8-10-4-2-1-3-5-10/h10-11H,1-9H2. The highest BCUT2D eigenvalue weighted by molar-refractivity contribution is 7.99. The summed E-state index contributed by atoms with van der Waals surface area (Å²) in [6.07, 6.45) is 7.52. The van der Waals surface area contributed by atoms with Gasteiger partial charge in [0.1, 0.15) is 11.6 Å². The third-order valence-corrected chi connectivity index (χ3v) is 4.83. The fraction of sp³-hybridized carbons (Fsp3) is 0.846. The molecule has 1 aliphatic carbocycles. The Hall–Kier alpha value is -0.310. The summed E-state index contributed by atoms with van der Waals surface area (Å²) in [5.74, 6) is 2.38. The van der Waals surface area contributed by atoms with Crippen molar-refractivity contribution in [2.45, 2.75) is 44.9 Å². The molecular formula is C13H20O2S. The van der Waals surface area contributed by atoms with Crippen LogP contribution in [0.15, 0.2) is 0 Å². The largest absolute Gasteiger partial charge is 0.299 e. The minimum absolute atomic E-state index is 0.194. The van der Waals surface area contributed by atoms with Gasteiger partial charge in [-0.3, -0.25) is 9.59 Å². The Balaban J connectivity index is 1.83. The summed E-state index contributed by atoms with van der Waals surface area (Å²) in [7, 11) is 0. The smallest absolute Gasteiger partial charge is 0.144 e. The van der Waals surface area contributed by atoms with E-state index in [1.807, 2.05) is 0 Å². The second kappa shape index (κ2) is 5.85. The SMILES string of the molecule is O=C1CCSCC1C(=O)CC1CCCCC1. The topological polar surface area (TPSA) is 34.1 Å². The summed E-state index contributed by atoms with van der Waals surface area (Å²) < 4.78 is 0. The first-order chi connectivity index (χ1) is 7.77. The first-order valence-electron chi connectivity index (χ1n) is 6.40. The van der Waals surface area contributed by atoms with Crippen LogP contribution in [0.3, 0.4) is 0 Å². The van der Waals surface area contributed by atoms with Crippen molar-refractivity contribution < 1.29 is 9.59 Å². The Kier molecular flexibility index (Phi) is 4.45. The summed E-state index contributed by atoms with van der Waals surface area (Å²) in [6.45, 7) is 0. The van der Waals surface area contributed by atoms with Gasteiger partial charge >= 0.3 is 0 Å². The molecule has 2 aliphatic rings. The second-order valence-corrected chi connectivity index (χ2v) is 6.17. The number of hydrogen-bond acceptors (Lipinski definition) is 3. The maximum Gasteiger partial charge on any atom is 0.144 e. The lowest BCUT2D eigenvalue weighted by Crippen LogP contribution is -2.31. The lowest BCUT2D eigenvalue weighted by atomic mass is 9.83. The Morgan fingerprint density at radius 2 is 2.00 bits per heavy atom. The summed E-state index contributed by atoms with van der Waals surface area (Å²) in [5.41, 5.74) is 0. The molecule has 0 bridgehead atoms. The van der Waals surface area contributed by atoms with Crippen LogP contribution in [0, 0.1) is 11.8 Å². The van der Waals surface area contributed by atoms with Crippen molar-refractivity contribution in [3.05, 3.63) is 0 Å². The zero-order valence-corrected chi connectivity index (χ0v) is 10.6. The molecule has 0 spiro atoms. The van der Waals surface area contributed by atoms with E-state index in [4.69, 9.17) is 0 Å². The van der Waals surface area contributed by atoms with Gasteiger partial charge < -0.3 is 0 Å². The minimum atomic E-state index is -0.263. The summed E-state index contributed by atoms with van der Waals surface area (Å²) >= 11 is 1.76. The van der Waals surface area contributed by atoms with Gasteiger partial charge in [0, 0.05) is 24.3 Å². The lowest BCUT2D eigenvalue weighted by molar-refractivity contribution is -0.132. The molecule has 1 heterocycles. The summed E-state index contributed by atoms with van der Waals surface area (Å²) in [4.78, 5) is 23.7. The first kappa shape index (κ1) is 12.2. The van der Waals surface area contributed by atoms with Gasteiger partial charge in [0.15, 0.2) is 0 Å². The van der Waals surface area contributed by atoms with Crippen molar-refractivity contribution in [3.63, 3.8) is 0 Å². The van der Waals surface area contributed by atoms with Crippen molar-refractivity contribution in [3.8, 4) is 0 Å². The number of ketones is 2. The first-order valence-corrected chi connectivity index (χ1v) is 7.56. The highest BCUT2D eigenvalue weighted by Gasteiger charge is 2.30. The van der Waals surface area contributed by atoms with Crippen molar-refractivity contribution in [2.75, 3.05) is 11.5 Å². The number of hydrogen-bond donors (Lipinski definition) is 0. The van der Waals surface area contributed by atoms with Gasteiger partial charge in [0.2, 0.25) is 0 Å². The van der Waals surface area contributed by atoms with Crippen molar-refractivity contribution in [2.24, 2.45) is 11.8 Å². The quantitative estimate of drug-likeness (QED) is 0.711. The lowest BCUT2D eigenvalue weighted by Gasteiger charge is -2.24. The molecule has 2 rings (SSSR count). The molecule has 0 amide bonds. The van der Waals surface area contributed by atoms with Crippen LogP contribution in [0.1, 0.15) is 44.9 Å². The van der Waals surface area contributed by atoms with E-state index in [1.165, 1.54) is 32.1 Å².